The van der Waals surface area contributed by atoms with Crippen LogP contribution in [0.4, 0.5) is 0 Å². The van der Waals surface area contributed by atoms with Crippen LogP contribution in [-0.4, -0.2) is 23.7 Å². The van der Waals surface area contributed by atoms with Crippen molar-refractivity contribution in [2.45, 2.75) is 23.1 Å². The van der Waals surface area contributed by atoms with E-state index in [0.717, 1.165) is 10.5 Å². The molecule has 1 amide bonds. The first-order chi connectivity index (χ1) is 10.6. The molecule has 0 fully saturated rings. The van der Waals surface area contributed by atoms with Gasteiger partial charge in [-0.2, -0.15) is 0 Å². The first kappa shape index (κ1) is 16.9. The van der Waals surface area contributed by atoms with E-state index in [-0.39, 0.29) is 18.6 Å². The predicted molar refractivity (Wildman–Crippen MR) is 91.2 cm³/mol. The van der Waals surface area contributed by atoms with Crippen molar-refractivity contribution < 1.29 is 9.90 Å². The van der Waals surface area contributed by atoms with E-state index in [0.29, 0.717) is 5.02 Å². The first-order valence-corrected chi connectivity index (χ1v) is 8.25. The first-order valence-electron chi connectivity index (χ1n) is 6.99. The Morgan fingerprint density at radius 2 is 1.82 bits per heavy atom. The number of rotatable bonds is 6. The fraction of sp³-hybridized carbons (Fsp3) is 0.235. The van der Waals surface area contributed by atoms with Crippen molar-refractivity contribution in [2.75, 3.05) is 6.61 Å². The molecule has 0 aromatic heterocycles. The number of carbonyl (C=O) groups excluding carboxylic acids is 1. The molecule has 0 aliphatic carbocycles. The SMILES string of the molecule is CC(CO)NC(=O)C(Sc1ccccc1Cl)c1ccccc1. The second-order valence-electron chi connectivity index (χ2n) is 4.93. The molecule has 0 saturated heterocycles. The zero-order valence-electron chi connectivity index (χ0n) is 12.2. The topological polar surface area (TPSA) is 49.3 Å². The minimum absolute atomic E-state index is 0.0932. The van der Waals surface area contributed by atoms with Crippen molar-refractivity contribution in [2.24, 2.45) is 0 Å². The van der Waals surface area contributed by atoms with Crippen molar-refractivity contribution in [1.29, 1.82) is 0 Å². The van der Waals surface area contributed by atoms with Gasteiger partial charge in [0.1, 0.15) is 5.25 Å². The molecule has 2 aromatic carbocycles. The summed E-state index contributed by atoms with van der Waals surface area (Å²) in [7, 11) is 0. The average Bonchev–Trinajstić information content (AvgIpc) is 2.54. The molecular weight excluding hydrogens is 318 g/mol. The van der Waals surface area contributed by atoms with Gasteiger partial charge in [-0.05, 0) is 24.6 Å². The third-order valence-corrected chi connectivity index (χ3v) is 4.86. The Morgan fingerprint density at radius 3 is 2.45 bits per heavy atom. The highest BCUT2D eigenvalue weighted by molar-refractivity contribution is 8.00. The van der Waals surface area contributed by atoms with Crippen molar-refractivity contribution in [3.05, 3.63) is 65.2 Å². The molecule has 0 radical (unpaired) electrons. The van der Waals surface area contributed by atoms with Gasteiger partial charge in [-0.1, -0.05) is 54.1 Å². The third-order valence-electron chi connectivity index (χ3n) is 3.08. The van der Waals surface area contributed by atoms with Crippen LogP contribution in [0.15, 0.2) is 59.5 Å². The molecule has 22 heavy (non-hydrogen) atoms. The number of hydrogen-bond acceptors (Lipinski definition) is 3. The Hall–Kier alpha value is -1.49. The van der Waals surface area contributed by atoms with E-state index in [1.165, 1.54) is 11.8 Å². The number of halogens is 1. The highest BCUT2D eigenvalue weighted by atomic mass is 35.5. The molecular formula is C17H18ClNO2S. The molecule has 0 spiro atoms. The zero-order chi connectivity index (χ0) is 15.9. The Morgan fingerprint density at radius 1 is 1.18 bits per heavy atom. The van der Waals surface area contributed by atoms with Crippen molar-refractivity contribution >= 4 is 29.3 Å². The van der Waals surface area contributed by atoms with Gasteiger partial charge in [0.15, 0.2) is 0 Å². The minimum Gasteiger partial charge on any atom is -0.394 e. The van der Waals surface area contributed by atoms with Gasteiger partial charge in [0, 0.05) is 10.9 Å². The number of thioether (sulfide) groups is 1. The minimum atomic E-state index is -0.421. The average molecular weight is 336 g/mol. The van der Waals surface area contributed by atoms with E-state index in [9.17, 15) is 4.79 Å². The molecule has 0 bridgehead atoms. The van der Waals surface area contributed by atoms with Gasteiger partial charge in [-0.3, -0.25) is 4.79 Å². The van der Waals surface area contributed by atoms with Crippen LogP contribution in [0.1, 0.15) is 17.7 Å². The number of benzene rings is 2. The number of nitrogens with one attached hydrogen (secondary N) is 1. The van der Waals surface area contributed by atoms with Gasteiger partial charge in [-0.25, -0.2) is 0 Å². The number of amides is 1. The lowest BCUT2D eigenvalue weighted by atomic mass is 10.1. The Balaban J connectivity index is 2.26. The number of hydrogen-bond donors (Lipinski definition) is 2. The van der Waals surface area contributed by atoms with Crippen molar-refractivity contribution in [3.8, 4) is 0 Å². The Bertz CT molecular complexity index is 621. The summed E-state index contributed by atoms with van der Waals surface area (Å²) in [6, 6.07) is 16.7. The fourth-order valence-electron chi connectivity index (χ4n) is 1.93. The van der Waals surface area contributed by atoms with Gasteiger partial charge < -0.3 is 10.4 Å². The molecule has 116 valence electrons. The molecule has 0 heterocycles. The van der Waals surface area contributed by atoms with Gasteiger partial charge >= 0.3 is 0 Å². The van der Waals surface area contributed by atoms with E-state index in [1.54, 1.807) is 13.0 Å². The Kier molecular flexibility index (Phi) is 6.31. The van der Waals surface area contributed by atoms with Crippen LogP contribution < -0.4 is 5.32 Å². The summed E-state index contributed by atoms with van der Waals surface area (Å²) in [5, 5.41) is 12.1. The molecule has 0 aliphatic rings. The number of aliphatic hydroxyl groups excluding tert-OH is 1. The zero-order valence-corrected chi connectivity index (χ0v) is 13.8. The lowest BCUT2D eigenvalue weighted by molar-refractivity contribution is -0.121. The summed E-state index contributed by atoms with van der Waals surface area (Å²) >= 11 is 7.60. The van der Waals surface area contributed by atoms with Crippen molar-refractivity contribution in [1.82, 2.24) is 5.32 Å². The normalized spacial score (nSPS) is 13.4. The highest BCUT2D eigenvalue weighted by Crippen LogP contribution is 2.38. The molecule has 5 heteroatoms. The fourth-order valence-corrected chi connectivity index (χ4v) is 3.26. The third kappa shape index (κ3) is 4.50. The molecule has 2 N–H and O–H groups in total. The molecule has 0 saturated carbocycles. The lowest BCUT2D eigenvalue weighted by Gasteiger charge is -2.20. The Labute approximate surface area is 139 Å². The highest BCUT2D eigenvalue weighted by Gasteiger charge is 2.23. The molecule has 2 atom stereocenters. The van der Waals surface area contributed by atoms with E-state index >= 15 is 0 Å². The summed E-state index contributed by atoms with van der Waals surface area (Å²) in [6.45, 7) is 1.67. The van der Waals surface area contributed by atoms with Crippen LogP contribution in [0.25, 0.3) is 0 Å². The smallest absolute Gasteiger partial charge is 0.238 e. The van der Waals surface area contributed by atoms with E-state index in [4.69, 9.17) is 16.7 Å². The summed E-state index contributed by atoms with van der Waals surface area (Å²) in [5.74, 6) is -0.141. The largest absolute Gasteiger partial charge is 0.394 e. The second kappa shape index (κ2) is 8.22. The number of carbonyl (C=O) groups is 1. The molecule has 2 rings (SSSR count). The van der Waals surface area contributed by atoms with E-state index < -0.39 is 5.25 Å². The maximum Gasteiger partial charge on any atom is 0.238 e. The number of aliphatic hydroxyl groups is 1. The molecule has 2 aromatic rings. The molecule has 2 unspecified atom stereocenters. The van der Waals surface area contributed by atoms with Gasteiger partial charge in [-0.15, -0.1) is 11.8 Å². The summed E-state index contributed by atoms with van der Waals surface area (Å²) in [4.78, 5) is 13.4. The van der Waals surface area contributed by atoms with E-state index in [2.05, 4.69) is 5.32 Å². The predicted octanol–water partition coefficient (Wildman–Crippen LogP) is 3.67. The van der Waals surface area contributed by atoms with Gasteiger partial charge in [0.05, 0.1) is 11.6 Å². The van der Waals surface area contributed by atoms with Crippen LogP contribution in [0.5, 0.6) is 0 Å². The van der Waals surface area contributed by atoms with Crippen molar-refractivity contribution in [3.63, 3.8) is 0 Å². The second-order valence-corrected chi connectivity index (χ2v) is 6.49. The molecule has 0 aliphatic heterocycles. The molecule has 3 nitrogen and oxygen atoms in total. The standard InChI is InChI=1S/C17H18ClNO2S/c1-12(11-20)19-17(21)16(13-7-3-2-4-8-13)22-15-10-6-5-9-14(15)18/h2-10,12,16,20H,11H2,1H3,(H,19,21). The van der Waals surface area contributed by atoms with Gasteiger partial charge in [0.25, 0.3) is 0 Å². The van der Waals surface area contributed by atoms with Crippen LogP contribution in [0.2, 0.25) is 5.02 Å². The maximum absolute atomic E-state index is 12.5. The van der Waals surface area contributed by atoms with E-state index in [1.807, 2.05) is 48.5 Å². The summed E-state index contributed by atoms with van der Waals surface area (Å²) in [5.41, 5.74) is 0.898. The monoisotopic (exact) mass is 335 g/mol. The quantitative estimate of drug-likeness (QED) is 0.792. The van der Waals surface area contributed by atoms with Crippen LogP contribution in [0, 0.1) is 0 Å². The van der Waals surface area contributed by atoms with Crippen LogP contribution >= 0.6 is 23.4 Å². The lowest BCUT2D eigenvalue weighted by Crippen LogP contribution is -2.37. The summed E-state index contributed by atoms with van der Waals surface area (Å²) in [6.07, 6.45) is 0. The van der Waals surface area contributed by atoms with Crippen LogP contribution in [-0.2, 0) is 4.79 Å². The maximum atomic E-state index is 12.5. The van der Waals surface area contributed by atoms with Gasteiger partial charge in [0.2, 0.25) is 5.91 Å². The summed E-state index contributed by atoms with van der Waals surface area (Å²) < 4.78 is 0. The van der Waals surface area contributed by atoms with Crippen LogP contribution in [0.3, 0.4) is 0 Å².